The fraction of sp³-hybridized carbons (Fsp3) is 0.300. The fourth-order valence-corrected chi connectivity index (χ4v) is 2.39. The second-order valence-electron chi connectivity index (χ2n) is 6.93. The van der Waals surface area contributed by atoms with Crippen molar-refractivity contribution >= 4 is 5.91 Å². The van der Waals surface area contributed by atoms with Crippen LogP contribution in [0.1, 0.15) is 36.8 Å². The van der Waals surface area contributed by atoms with E-state index in [0.717, 1.165) is 5.75 Å². The molecular weight excluding hydrogens is 332 g/mol. The molecule has 1 amide bonds. The van der Waals surface area contributed by atoms with Crippen molar-refractivity contribution in [3.05, 3.63) is 60.0 Å². The number of hydrogen-bond acceptors (Lipinski definition) is 5. The number of benzene rings is 1. The summed E-state index contributed by atoms with van der Waals surface area (Å²) in [5, 5.41) is 6.50. The Hall–Kier alpha value is -3.02. The Morgan fingerprint density at radius 2 is 1.92 bits per heavy atom. The first-order valence-electron chi connectivity index (χ1n) is 8.45. The molecule has 6 heteroatoms. The lowest BCUT2D eigenvalue weighted by molar-refractivity contribution is 0.0938. The molecule has 2 heterocycles. The van der Waals surface area contributed by atoms with Gasteiger partial charge in [-0.3, -0.25) is 4.79 Å². The Kier molecular flexibility index (Phi) is 5.11. The molecule has 0 aliphatic carbocycles. The van der Waals surface area contributed by atoms with Gasteiger partial charge in [0.25, 0.3) is 5.91 Å². The third-order valence-electron chi connectivity index (χ3n) is 3.88. The molecule has 2 aromatic heterocycles. The van der Waals surface area contributed by atoms with Crippen molar-refractivity contribution in [1.82, 2.24) is 10.5 Å². The van der Waals surface area contributed by atoms with Crippen LogP contribution in [0.25, 0.3) is 11.5 Å². The van der Waals surface area contributed by atoms with Gasteiger partial charge in [0.1, 0.15) is 12.4 Å². The molecule has 26 heavy (non-hydrogen) atoms. The predicted octanol–water partition coefficient (Wildman–Crippen LogP) is 4.04. The fourth-order valence-electron chi connectivity index (χ4n) is 2.39. The molecule has 0 saturated heterocycles. The van der Waals surface area contributed by atoms with Gasteiger partial charge in [0.15, 0.2) is 11.5 Å². The van der Waals surface area contributed by atoms with E-state index in [1.54, 1.807) is 18.2 Å². The highest BCUT2D eigenvalue weighted by atomic mass is 16.5. The van der Waals surface area contributed by atoms with E-state index in [2.05, 4.69) is 43.4 Å². The number of nitrogens with zero attached hydrogens (tertiary/aromatic N) is 1. The van der Waals surface area contributed by atoms with Crippen LogP contribution in [-0.2, 0) is 5.41 Å². The van der Waals surface area contributed by atoms with Crippen LogP contribution < -0.4 is 10.1 Å². The number of rotatable bonds is 6. The Morgan fingerprint density at radius 1 is 1.15 bits per heavy atom. The third kappa shape index (κ3) is 4.33. The second-order valence-corrected chi connectivity index (χ2v) is 6.93. The van der Waals surface area contributed by atoms with Crippen LogP contribution in [0.5, 0.6) is 5.75 Å². The lowest BCUT2D eigenvalue weighted by Crippen LogP contribution is -2.28. The van der Waals surface area contributed by atoms with E-state index in [4.69, 9.17) is 13.7 Å². The van der Waals surface area contributed by atoms with Crippen molar-refractivity contribution in [1.29, 1.82) is 0 Å². The van der Waals surface area contributed by atoms with Crippen LogP contribution in [-0.4, -0.2) is 24.2 Å². The Balaban J connectivity index is 1.45. The molecule has 3 aromatic rings. The monoisotopic (exact) mass is 354 g/mol. The van der Waals surface area contributed by atoms with Crippen molar-refractivity contribution in [2.24, 2.45) is 0 Å². The van der Waals surface area contributed by atoms with Crippen LogP contribution >= 0.6 is 0 Å². The van der Waals surface area contributed by atoms with E-state index < -0.39 is 0 Å². The van der Waals surface area contributed by atoms with Gasteiger partial charge in [0.05, 0.1) is 12.8 Å². The molecule has 0 fully saturated rings. The van der Waals surface area contributed by atoms with Crippen LogP contribution in [0, 0.1) is 0 Å². The molecule has 0 radical (unpaired) electrons. The molecule has 0 saturated carbocycles. The molecule has 6 nitrogen and oxygen atoms in total. The summed E-state index contributed by atoms with van der Waals surface area (Å²) in [6, 6.07) is 13.0. The van der Waals surface area contributed by atoms with E-state index in [-0.39, 0.29) is 17.0 Å². The zero-order chi connectivity index (χ0) is 18.6. The summed E-state index contributed by atoms with van der Waals surface area (Å²) in [7, 11) is 0. The average Bonchev–Trinajstić information content (AvgIpc) is 3.29. The number of ether oxygens (including phenoxy) is 1. The van der Waals surface area contributed by atoms with E-state index in [1.165, 1.54) is 11.8 Å². The molecule has 1 aromatic carbocycles. The lowest BCUT2D eigenvalue weighted by atomic mass is 9.87. The summed E-state index contributed by atoms with van der Waals surface area (Å²) in [4.78, 5) is 12.1. The van der Waals surface area contributed by atoms with Crippen LogP contribution in [0.3, 0.4) is 0 Å². The minimum absolute atomic E-state index is 0.110. The zero-order valence-corrected chi connectivity index (χ0v) is 15.1. The summed E-state index contributed by atoms with van der Waals surface area (Å²) in [6.07, 6.45) is 1.53. The first-order chi connectivity index (χ1) is 12.4. The van der Waals surface area contributed by atoms with Gasteiger partial charge in [0, 0.05) is 6.07 Å². The van der Waals surface area contributed by atoms with E-state index in [9.17, 15) is 4.79 Å². The standard InChI is InChI=1S/C20H22N2O4/c1-20(2,3)14-6-8-15(9-7-14)24-12-10-21-19(23)16-13-18(26-22-16)17-5-4-11-25-17/h4-9,11,13H,10,12H2,1-3H3,(H,21,23). The molecule has 1 N–H and O–H groups in total. The molecule has 136 valence electrons. The molecule has 3 rings (SSSR count). The van der Waals surface area contributed by atoms with Gasteiger partial charge in [-0.15, -0.1) is 0 Å². The maximum Gasteiger partial charge on any atom is 0.273 e. The first-order valence-corrected chi connectivity index (χ1v) is 8.45. The van der Waals surface area contributed by atoms with Gasteiger partial charge in [-0.05, 0) is 35.2 Å². The first kappa shape index (κ1) is 17.8. The minimum atomic E-state index is -0.321. The van der Waals surface area contributed by atoms with Gasteiger partial charge in [0.2, 0.25) is 5.76 Å². The Bertz CT molecular complexity index is 843. The van der Waals surface area contributed by atoms with Gasteiger partial charge >= 0.3 is 0 Å². The van der Waals surface area contributed by atoms with Gasteiger partial charge in [-0.2, -0.15) is 0 Å². The summed E-state index contributed by atoms with van der Waals surface area (Å²) in [5.41, 5.74) is 1.56. The topological polar surface area (TPSA) is 77.5 Å². The molecule has 0 aliphatic rings. The number of aromatic nitrogens is 1. The number of nitrogens with one attached hydrogen (secondary N) is 1. The summed E-state index contributed by atoms with van der Waals surface area (Å²) in [6.45, 7) is 7.23. The van der Waals surface area contributed by atoms with Crippen molar-refractivity contribution < 1.29 is 18.5 Å². The summed E-state index contributed by atoms with van der Waals surface area (Å²) < 4.78 is 16.0. The highest BCUT2D eigenvalue weighted by molar-refractivity contribution is 5.92. The van der Waals surface area contributed by atoms with Gasteiger partial charge in [-0.25, -0.2) is 0 Å². The van der Waals surface area contributed by atoms with Crippen LogP contribution in [0.2, 0.25) is 0 Å². The van der Waals surface area contributed by atoms with Gasteiger partial charge in [-0.1, -0.05) is 38.1 Å². The molecule has 0 atom stereocenters. The van der Waals surface area contributed by atoms with Crippen molar-refractivity contribution in [3.63, 3.8) is 0 Å². The third-order valence-corrected chi connectivity index (χ3v) is 3.88. The molecule has 0 aliphatic heterocycles. The average molecular weight is 354 g/mol. The molecule has 0 spiro atoms. The minimum Gasteiger partial charge on any atom is -0.492 e. The van der Waals surface area contributed by atoms with Crippen molar-refractivity contribution in [3.8, 4) is 17.3 Å². The van der Waals surface area contributed by atoms with E-state index in [1.807, 2.05) is 12.1 Å². The quantitative estimate of drug-likeness (QED) is 0.676. The number of carbonyl (C=O) groups excluding carboxylic acids is 1. The van der Waals surface area contributed by atoms with Crippen molar-refractivity contribution in [2.45, 2.75) is 26.2 Å². The highest BCUT2D eigenvalue weighted by Crippen LogP contribution is 2.24. The number of amides is 1. The largest absolute Gasteiger partial charge is 0.492 e. The Labute approximate surface area is 152 Å². The number of hydrogen-bond donors (Lipinski definition) is 1. The zero-order valence-electron chi connectivity index (χ0n) is 15.1. The molecule has 0 unspecified atom stereocenters. The smallest absolute Gasteiger partial charge is 0.273 e. The Morgan fingerprint density at radius 3 is 2.58 bits per heavy atom. The number of carbonyl (C=O) groups is 1. The second kappa shape index (κ2) is 7.47. The van der Waals surface area contributed by atoms with Gasteiger partial charge < -0.3 is 19.0 Å². The maximum absolute atomic E-state index is 12.1. The lowest BCUT2D eigenvalue weighted by Gasteiger charge is -2.19. The molecular formula is C20H22N2O4. The van der Waals surface area contributed by atoms with Crippen LogP contribution in [0.15, 0.2) is 57.7 Å². The summed E-state index contributed by atoms with van der Waals surface area (Å²) in [5.74, 6) is 1.39. The SMILES string of the molecule is CC(C)(C)c1ccc(OCCNC(=O)c2cc(-c3ccco3)on2)cc1. The number of furan rings is 1. The van der Waals surface area contributed by atoms with Crippen LogP contribution in [0.4, 0.5) is 0 Å². The van der Waals surface area contributed by atoms with E-state index >= 15 is 0 Å². The maximum atomic E-state index is 12.1. The van der Waals surface area contributed by atoms with Crippen molar-refractivity contribution in [2.75, 3.05) is 13.2 Å². The molecule has 0 bridgehead atoms. The highest BCUT2D eigenvalue weighted by Gasteiger charge is 2.15. The predicted molar refractivity (Wildman–Crippen MR) is 97.2 cm³/mol. The normalized spacial score (nSPS) is 11.3. The summed E-state index contributed by atoms with van der Waals surface area (Å²) >= 11 is 0. The van der Waals surface area contributed by atoms with E-state index in [0.29, 0.717) is 24.7 Å².